The van der Waals surface area contributed by atoms with Crippen molar-refractivity contribution >= 4 is 28.6 Å². The van der Waals surface area contributed by atoms with Crippen LogP contribution < -0.4 is 26.2 Å². The summed E-state index contributed by atoms with van der Waals surface area (Å²) in [5.41, 5.74) is 7.54. The second-order valence-corrected chi connectivity index (χ2v) is 11.2. The zero-order valence-corrected chi connectivity index (χ0v) is 22.9. The average molecular weight is 595 g/mol. The van der Waals surface area contributed by atoms with Gasteiger partial charge in [-0.15, -0.1) is 0 Å². The lowest BCUT2D eigenvalue weighted by Gasteiger charge is -2.39. The Morgan fingerprint density at radius 1 is 1.05 bits per heavy atom. The van der Waals surface area contributed by atoms with Crippen LogP contribution in [0.4, 0.5) is 24.9 Å². The third-order valence-corrected chi connectivity index (χ3v) is 8.32. The fourth-order valence-electron chi connectivity index (χ4n) is 5.96. The van der Waals surface area contributed by atoms with Crippen LogP contribution in [0.5, 0.6) is 5.88 Å². The fourth-order valence-corrected chi connectivity index (χ4v) is 5.96. The number of nitrogens with two attached hydrogens (primary N) is 1. The van der Waals surface area contributed by atoms with Crippen LogP contribution in [-0.2, 0) is 4.79 Å². The van der Waals surface area contributed by atoms with Crippen molar-refractivity contribution in [1.82, 2.24) is 20.3 Å². The molecule has 0 aliphatic carbocycles. The molecule has 10 nitrogen and oxygen atoms in total. The van der Waals surface area contributed by atoms with E-state index in [1.54, 1.807) is 30.3 Å². The van der Waals surface area contributed by atoms with Gasteiger partial charge in [0.05, 0.1) is 0 Å². The van der Waals surface area contributed by atoms with Crippen molar-refractivity contribution in [3.63, 3.8) is 0 Å². The van der Waals surface area contributed by atoms with Crippen LogP contribution in [0.3, 0.4) is 0 Å². The van der Waals surface area contributed by atoms with Gasteiger partial charge in [0.2, 0.25) is 23.5 Å². The van der Waals surface area contributed by atoms with Crippen molar-refractivity contribution in [1.29, 1.82) is 0 Å². The van der Waals surface area contributed by atoms with Gasteiger partial charge in [-0.3, -0.25) is 9.59 Å². The molecule has 2 aromatic heterocycles. The van der Waals surface area contributed by atoms with Gasteiger partial charge in [-0.2, -0.15) is 23.1 Å². The lowest BCUT2D eigenvalue weighted by atomic mass is 9.76. The largest absolute Gasteiger partial charge is 0.480 e. The van der Waals surface area contributed by atoms with E-state index in [2.05, 4.69) is 20.3 Å². The molecule has 0 radical (unpaired) electrons. The third-order valence-electron chi connectivity index (χ3n) is 8.32. The second-order valence-electron chi connectivity index (χ2n) is 11.2. The van der Waals surface area contributed by atoms with Crippen LogP contribution in [0.2, 0.25) is 0 Å². The first-order valence-electron chi connectivity index (χ1n) is 13.8. The van der Waals surface area contributed by atoms with Gasteiger partial charge in [0, 0.05) is 42.8 Å². The van der Waals surface area contributed by atoms with Crippen molar-refractivity contribution in [2.75, 3.05) is 30.3 Å². The molecule has 6 rings (SSSR count). The predicted octanol–water partition coefficient (Wildman–Crippen LogP) is 4.28. The lowest BCUT2D eigenvalue weighted by molar-refractivity contribution is -0.198. The maximum Gasteiger partial charge on any atom is 0.429 e. The van der Waals surface area contributed by atoms with E-state index >= 15 is 0 Å². The van der Waals surface area contributed by atoms with Crippen LogP contribution in [0.1, 0.15) is 30.9 Å². The number of aliphatic carboxylic acids is 1. The minimum atomic E-state index is -4.75. The van der Waals surface area contributed by atoms with Gasteiger partial charge in [-0.05, 0) is 59.4 Å². The number of halogens is 3. The molecular weight excluding hydrogens is 565 g/mol. The molecule has 0 unspecified atom stereocenters. The molecule has 2 fully saturated rings. The third kappa shape index (κ3) is 5.98. The number of nitrogen functional groups attached to an aromatic ring is 1. The molecule has 4 heterocycles. The van der Waals surface area contributed by atoms with Gasteiger partial charge in [0.1, 0.15) is 11.9 Å². The monoisotopic (exact) mass is 594 g/mol. The summed E-state index contributed by atoms with van der Waals surface area (Å²) < 4.78 is 48.2. The quantitative estimate of drug-likeness (QED) is 0.257. The number of aromatic amines is 1. The molecule has 224 valence electrons. The number of alkyl halides is 3. The van der Waals surface area contributed by atoms with Gasteiger partial charge in [0.15, 0.2) is 0 Å². The topological polar surface area (TPSA) is 146 Å². The first kappa shape index (κ1) is 28.5. The van der Waals surface area contributed by atoms with Crippen molar-refractivity contribution in [2.24, 2.45) is 5.41 Å². The van der Waals surface area contributed by atoms with Crippen LogP contribution in [0, 0.1) is 5.41 Å². The Balaban J connectivity index is 1.19. The number of pyridine rings is 1. The molecule has 4 aromatic rings. The van der Waals surface area contributed by atoms with Gasteiger partial charge in [-0.25, -0.2) is 0 Å². The number of carboxylic acids is 1. The molecule has 1 spiro atoms. The first-order valence-corrected chi connectivity index (χ1v) is 13.8. The van der Waals surface area contributed by atoms with Gasteiger partial charge < -0.3 is 30.8 Å². The van der Waals surface area contributed by atoms with E-state index in [0.717, 1.165) is 10.9 Å². The normalized spacial score (nSPS) is 19.0. The molecule has 2 aliphatic rings. The molecule has 2 aliphatic heterocycles. The predicted molar refractivity (Wildman–Crippen MR) is 154 cm³/mol. The number of nitrogens with one attached hydrogen (secondary N) is 2. The molecule has 2 aromatic carbocycles. The number of aromatic nitrogens is 3. The summed E-state index contributed by atoms with van der Waals surface area (Å²) in [4.78, 5) is 35.7. The summed E-state index contributed by atoms with van der Waals surface area (Å²) in [6.07, 6.45) is -5.10. The lowest BCUT2D eigenvalue weighted by Crippen LogP contribution is -2.41. The Kier molecular flexibility index (Phi) is 7.20. The van der Waals surface area contributed by atoms with Crippen LogP contribution in [0.25, 0.3) is 22.0 Å². The average Bonchev–Trinajstić information content (AvgIpc) is 3.39. The highest BCUT2D eigenvalue weighted by Gasteiger charge is 2.45. The van der Waals surface area contributed by atoms with E-state index in [1.165, 1.54) is 24.3 Å². The van der Waals surface area contributed by atoms with Crippen LogP contribution in [0.15, 0.2) is 65.5 Å². The number of rotatable bonds is 6. The summed E-state index contributed by atoms with van der Waals surface area (Å²) in [5.74, 6) is -1.03. The molecule has 0 amide bonds. The smallest absolute Gasteiger partial charge is 0.429 e. The standard InChI is InChI=1S/C30H29F3N6O4/c31-30(32,33)26(18-3-1-17(2-4-18)19-5-7-21-20(13-19)6-8-24(40)36-21)43-25-14-23(37-28(34)38-25)39-11-9-29(10-12-39)15-22(27(41)42)35-16-29/h1-8,13-14,22,26,35H,9-12,15-16H2,(H,36,40)(H,41,42)(H2,34,37,38)/t22-,26+/m0/s1. The zero-order valence-electron chi connectivity index (χ0n) is 22.9. The number of H-pyrrole nitrogens is 1. The van der Waals surface area contributed by atoms with Crippen molar-refractivity contribution in [3.8, 4) is 17.0 Å². The highest BCUT2D eigenvalue weighted by molar-refractivity contribution is 5.84. The molecular formula is C30H29F3N6O4. The zero-order chi connectivity index (χ0) is 30.4. The van der Waals surface area contributed by atoms with Gasteiger partial charge in [0.25, 0.3) is 0 Å². The second kappa shape index (κ2) is 10.9. The Morgan fingerprint density at radius 2 is 1.77 bits per heavy atom. The minimum Gasteiger partial charge on any atom is -0.480 e. The number of carbonyl (C=O) groups is 1. The Morgan fingerprint density at radius 3 is 2.44 bits per heavy atom. The number of piperidine rings is 1. The molecule has 0 bridgehead atoms. The number of hydrogen-bond acceptors (Lipinski definition) is 8. The van der Waals surface area contributed by atoms with Gasteiger partial charge in [-0.1, -0.05) is 30.3 Å². The number of hydrogen-bond donors (Lipinski definition) is 4. The van der Waals surface area contributed by atoms with Crippen molar-refractivity contribution in [2.45, 2.75) is 37.6 Å². The summed E-state index contributed by atoms with van der Waals surface area (Å²) in [6.45, 7) is 1.68. The van der Waals surface area contributed by atoms with E-state index in [0.29, 0.717) is 55.8 Å². The molecule has 2 saturated heterocycles. The molecule has 5 N–H and O–H groups in total. The van der Waals surface area contributed by atoms with Crippen LogP contribution >= 0.6 is 0 Å². The SMILES string of the molecule is Nc1nc(O[C@H](c2ccc(-c3ccc4[nH]c(=O)ccc4c3)cc2)C(F)(F)F)cc(N2CCC3(CC2)CN[C@H](C(=O)O)C3)n1. The van der Waals surface area contributed by atoms with E-state index < -0.39 is 24.3 Å². The summed E-state index contributed by atoms with van der Waals surface area (Å²) in [7, 11) is 0. The minimum absolute atomic E-state index is 0.110. The highest BCUT2D eigenvalue weighted by atomic mass is 19.4. The van der Waals surface area contributed by atoms with Crippen LogP contribution in [-0.4, -0.2) is 57.9 Å². The van der Waals surface area contributed by atoms with Crippen molar-refractivity contribution < 1.29 is 27.8 Å². The number of nitrogens with zero attached hydrogens (tertiary/aromatic N) is 3. The van der Waals surface area contributed by atoms with E-state index in [-0.39, 0.29) is 28.4 Å². The number of anilines is 2. The Hall–Kier alpha value is -4.65. The number of carboxylic acid groups (broad SMARTS) is 1. The molecule has 43 heavy (non-hydrogen) atoms. The molecule has 0 saturated carbocycles. The summed E-state index contributed by atoms with van der Waals surface area (Å²) >= 11 is 0. The summed E-state index contributed by atoms with van der Waals surface area (Å²) in [5, 5.41) is 13.2. The maximum atomic E-state index is 14.2. The highest BCUT2D eigenvalue weighted by Crippen LogP contribution is 2.41. The number of benzene rings is 2. The number of ether oxygens (including phenoxy) is 1. The molecule has 13 heteroatoms. The van der Waals surface area contributed by atoms with E-state index in [1.807, 2.05) is 11.0 Å². The number of fused-ring (bicyclic) bond motifs is 1. The van der Waals surface area contributed by atoms with Gasteiger partial charge >= 0.3 is 12.1 Å². The Labute approximate surface area is 243 Å². The van der Waals surface area contributed by atoms with Crippen molar-refractivity contribution in [3.05, 3.63) is 76.6 Å². The maximum absolute atomic E-state index is 14.2. The first-order chi connectivity index (χ1) is 20.5. The van der Waals surface area contributed by atoms with E-state index in [9.17, 15) is 27.9 Å². The Bertz CT molecular complexity index is 1720. The molecule has 2 atom stereocenters. The summed E-state index contributed by atoms with van der Waals surface area (Å²) in [6, 6.07) is 15.1. The van der Waals surface area contributed by atoms with E-state index in [4.69, 9.17) is 10.5 Å². The fraction of sp³-hybridized carbons (Fsp3) is 0.333.